The van der Waals surface area contributed by atoms with E-state index in [1.807, 2.05) is 18.2 Å². The number of ether oxygens (including phenoxy) is 2. The smallest absolute Gasteiger partial charge is 0.314 e. The fourth-order valence-electron chi connectivity index (χ4n) is 9.78. The van der Waals surface area contributed by atoms with Crippen LogP contribution in [0.2, 0.25) is 0 Å². The molecule has 2 heterocycles. The first-order valence-corrected chi connectivity index (χ1v) is 19.8. The van der Waals surface area contributed by atoms with Gasteiger partial charge in [-0.3, -0.25) is 9.59 Å². The van der Waals surface area contributed by atoms with E-state index in [-0.39, 0.29) is 35.5 Å². The number of benzene rings is 2. The summed E-state index contributed by atoms with van der Waals surface area (Å²) in [7, 11) is 0.505. The second kappa shape index (κ2) is 12.9. The van der Waals surface area contributed by atoms with E-state index in [0.717, 1.165) is 41.4 Å². The van der Waals surface area contributed by atoms with Gasteiger partial charge in [0.05, 0.1) is 18.6 Å². The molecule has 3 aliphatic carbocycles. The summed E-state index contributed by atoms with van der Waals surface area (Å²) in [6, 6.07) is 12.0. The molecule has 1 N–H and O–H groups in total. The molecule has 2 aliphatic heterocycles. The summed E-state index contributed by atoms with van der Waals surface area (Å²) in [5.41, 5.74) is 4.05. The molecule has 0 spiro atoms. The van der Waals surface area contributed by atoms with E-state index in [1.165, 1.54) is 56.5 Å². The number of carbonyl (C=O) groups is 2. The third kappa shape index (κ3) is 6.04. The van der Waals surface area contributed by atoms with Crippen LogP contribution in [0.5, 0.6) is 5.75 Å². The largest absolute Gasteiger partial charge is 0.497 e. The molecule has 2 aromatic carbocycles. The Balaban J connectivity index is 1.32. The molecule has 2 aromatic rings. The summed E-state index contributed by atoms with van der Waals surface area (Å²) in [6.45, 7) is 7.23. The van der Waals surface area contributed by atoms with Gasteiger partial charge in [0.15, 0.2) is 0 Å². The molecular weight excluding hydrogens is 639 g/mol. The highest BCUT2D eigenvalue weighted by atomic mass is 32.2. The van der Waals surface area contributed by atoms with E-state index in [0.29, 0.717) is 36.6 Å². The number of amides is 1. The quantitative estimate of drug-likeness (QED) is 0.299. The molecule has 0 radical (unpaired) electrons. The van der Waals surface area contributed by atoms with Crippen LogP contribution in [0.15, 0.2) is 36.4 Å². The second-order valence-electron chi connectivity index (χ2n) is 16.2. The lowest BCUT2D eigenvalue weighted by Gasteiger charge is -2.38. The number of rotatable bonds is 8. The maximum Gasteiger partial charge on any atom is 0.314 e. The average Bonchev–Trinajstić information content (AvgIpc) is 3.74. The number of anilines is 1. The maximum absolute atomic E-state index is 14.7. The Morgan fingerprint density at radius 1 is 0.980 bits per heavy atom. The number of methoxy groups -OCH3 is 1. The lowest BCUT2D eigenvalue weighted by atomic mass is 9.72. The summed E-state index contributed by atoms with van der Waals surface area (Å²) < 4.78 is 40.8. The van der Waals surface area contributed by atoms with Crippen molar-refractivity contribution in [2.75, 3.05) is 32.6 Å². The van der Waals surface area contributed by atoms with Crippen LogP contribution in [0.25, 0.3) is 0 Å². The molecule has 266 valence electrons. The number of nitrogens with one attached hydrogen (secondary N) is 1. The van der Waals surface area contributed by atoms with Crippen LogP contribution < -0.4 is 14.4 Å². The van der Waals surface area contributed by atoms with Crippen LogP contribution in [0, 0.1) is 29.1 Å². The monoisotopic (exact) mass is 691 g/mol. The van der Waals surface area contributed by atoms with Gasteiger partial charge in [-0.2, -0.15) is 12.7 Å². The van der Waals surface area contributed by atoms with Crippen molar-refractivity contribution in [1.82, 2.24) is 9.03 Å². The molecular formula is C39H53N3O6S. The van der Waals surface area contributed by atoms with E-state index in [9.17, 15) is 18.0 Å². The highest BCUT2D eigenvalue weighted by molar-refractivity contribution is 7.87. The molecule has 49 heavy (non-hydrogen) atoms. The van der Waals surface area contributed by atoms with Crippen molar-refractivity contribution in [3.8, 4) is 5.75 Å². The summed E-state index contributed by atoms with van der Waals surface area (Å²) >= 11 is 0. The van der Waals surface area contributed by atoms with Crippen LogP contribution in [0.3, 0.4) is 0 Å². The van der Waals surface area contributed by atoms with Gasteiger partial charge in [0, 0.05) is 43.7 Å². The highest BCUT2D eigenvalue weighted by Crippen LogP contribution is 2.68. The van der Waals surface area contributed by atoms with E-state index in [1.54, 1.807) is 13.2 Å². The maximum atomic E-state index is 14.7. The van der Waals surface area contributed by atoms with Gasteiger partial charge in [-0.15, -0.1) is 0 Å². The zero-order valence-electron chi connectivity index (χ0n) is 29.9. The van der Waals surface area contributed by atoms with Gasteiger partial charge in [-0.1, -0.05) is 58.6 Å². The van der Waals surface area contributed by atoms with Gasteiger partial charge in [-0.25, -0.2) is 4.72 Å². The molecule has 5 aliphatic rings. The van der Waals surface area contributed by atoms with Gasteiger partial charge in [0.2, 0.25) is 0 Å². The molecule has 10 heteroatoms. The van der Waals surface area contributed by atoms with Crippen molar-refractivity contribution in [2.24, 2.45) is 29.1 Å². The Labute approximate surface area is 292 Å². The molecule has 1 amide bonds. The lowest BCUT2D eigenvalue weighted by molar-refractivity contribution is -0.162. The first-order valence-electron chi connectivity index (χ1n) is 18.4. The minimum Gasteiger partial charge on any atom is -0.497 e. The minimum atomic E-state index is -3.97. The summed E-state index contributed by atoms with van der Waals surface area (Å²) in [5, 5.41) is 0. The van der Waals surface area contributed by atoms with E-state index in [2.05, 4.69) is 42.5 Å². The SMILES string of the molecule is COc1ccc2c(c1)C1CC1(C(=O)O[C@@H]1C[C@H](C)CC[C@H]1C(C)C)CN1c3cc(C(=O)NS(=O)(=O)N(C)C)ccc3C(C3CCCCC3)C21. The number of nitrogens with zero attached hydrogens (tertiary/aromatic N) is 2. The Morgan fingerprint density at radius 3 is 2.41 bits per heavy atom. The Bertz CT molecular complexity index is 1720. The van der Waals surface area contributed by atoms with Crippen molar-refractivity contribution in [3.63, 3.8) is 0 Å². The molecule has 4 unspecified atom stereocenters. The predicted molar refractivity (Wildman–Crippen MR) is 190 cm³/mol. The standard InChI is InChI=1S/C39H53N3O6S/c1-23(2)28-15-12-24(3)18-34(28)48-38(44)39-21-32(39)31-20-27(47-6)14-17-29(31)36-35(25-10-8-7-9-11-25)30-16-13-26(19-33(30)42(36)22-39)37(43)40-49(45,46)41(4)5/h13-14,16-17,19-20,23-25,28,32,34-36H,7-12,15,18,21-22H2,1-6H3,(H,40,43)/t24-,28+,32?,34-,35?,36?,39?/m1/s1. The van der Waals surface area contributed by atoms with Crippen molar-refractivity contribution >= 4 is 27.8 Å². The third-order valence-electron chi connectivity index (χ3n) is 12.6. The van der Waals surface area contributed by atoms with E-state index < -0.39 is 21.5 Å². The second-order valence-corrected chi connectivity index (χ2v) is 18.1. The van der Waals surface area contributed by atoms with Gasteiger partial charge >= 0.3 is 16.2 Å². The normalized spacial score (nSPS) is 30.9. The zero-order chi connectivity index (χ0) is 34.8. The Hall–Kier alpha value is -3.11. The van der Waals surface area contributed by atoms with Gasteiger partial charge in [0.1, 0.15) is 11.9 Å². The number of esters is 1. The van der Waals surface area contributed by atoms with Crippen LogP contribution in [0.1, 0.15) is 123 Å². The van der Waals surface area contributed by atoms with Gasteiger partial charge in [-0.05, 0) is 96.7 Å². The molecule has 0 aromatic heterocycles. The summed E-state index contributed by atoms with van der Waals surface area (Å²) in [4.78, 5) is 30.5. The first-order chi connectivity index (χ1) is 23.3. The summed E-state index contributed by atoms with van der Waals surface area (Å²) in [6.07, 6.45) is 9.64. The summed E-state index contributed by atoms with van der Waals surface area (Å²) in [5.74, 6) is 1.97. The fraction of sp³-hybridized carbons (Fsp3) is 0.641. The van der Waals surface area contributed by atoms with Crippen molar-refractivity contribution in [3.05, 3.63) is 58.7 Å². The lowest BCUT2D eigenvalue weighted by Crippen LogP contribution is -2.41. The van der Waals surface area contributed by atoms with E-state index >= 15 is 0 Å². The fourth-order valence-corrected chi connectivity index (χ4v) is 10.3. The molecule has 3 saturated carbocycles. The van der Waals surface area contributed by atoms with Crippen molar-refractivity contribution < 1.29 is 27.5 Å². The van der Waals surface area contributed by atoms with Gasteiger partial charge < -0.3 is 14.4 Å². The molecule has 9 nitrogen and oxygen atoms in total. The Morgan fingerprint density at radius 2 is 1.71 bits per heavy atom. The first kappa shape index (κ1) is 34.3. The predicted octanol–water partition coefficient (Wildman–Crippen LogP) is 6.95. The molecule has 0 saturated heterocycles. The van der Waals surface area contributed by atoms with Gasteiger partial charge in [0.25, 0.3) is 5.91 Å². The van der Waals surface area contributed by atoms with Crippen molar-refractivity contribution in [1.29, 1.82) is 0 Å². The number of carbonyl (C=O) groups excluding carboxylic acids is 2. The molecule has 3 fully saturated rings. The van der Waals surface area contributed by atoms with Crippen molar-refractivity contribution in [2.45, 2.75) is 103 Å². The zero-order valence-corrected chi connectivity index (χ0v) is 30.7. The minimum absolute atomic E-state index is 0.0152. The highest BCUT2D eigenvalue weighted by Gasteiger charge is 2.67. The van der Waals surface area contributed by atoms with Crippen LogP contribution in [-0.2, 0) is 19.7 Å². The molecule has 0 bridgehead atoms. The number of hydrogen-bond acceptors (Lipinski definition) is 7. The Kier molecular flexibility index (Phi) is 9.04. The third-order valence-corrected chi connectivity index (χ3v) is 14.0. The van der Waals surface area contributed by atoms with Crippen LogP contribution >= 0.6 is 0 Å². The molecule has 7 atom stereocenters. The average molecular weight is 692 g/mol. The topological polar surface area (TPSA) is 105 Å². The number of hydrogen-bond donors (Lipinski definition) is 1. The number of fused-ring (bicyclic) bond motifs is 7. The molecule has 7 rings (SSSR count). The van der Waals surface area contributed by atoms with E-state index in [4.69, 9.17) is 9.47 Å². The van der Waals surface area contributed by atoms with Crippen LogP contribution in [0.4, 0.5) is 5.69 Å². The van der Waals surface area contributed by atoms with Crippen LogP contribution in [-0.4, -0.2) is 58.5 Å².